The molecule has 9 heteroatoms. The van der Waals surface area contributed by atoms with Gasteiger partial charge in [0.25, 0.3) is 11.6 Å². The van der Waals surface area contributed by atoms with Crippen molar-refractivity contribution in [1.82, 2.24) is 5.32 Å². The van der Waals surface area contributed by atoms with Crippen LogP contribution in [0.2, 0.25) is 0 Å². The van der Waals surface area contributed by atoms with Crippen molar-refractivity contribution in [2.45, 2.75) is 6.04 Å². The molecule has 0 heterocycles. The molecule has 0 spiro atoms. The lowest BCUT2D eigenvalue weighted by Crippen LogP contribution is -2.43. The molecule has 0 saturated heterocycles. The van der Waals surface area contributed by atoms with Gasteiger partial charge in [0.15, 0.2) is 6.04 Å². The molecule has 2 N–H and O–H groups in total. The standard InChI is InChI=1S/C11H11BrN2O6/c1-20-5-8(11(16)17)13-10(15)6-2-3-7(12)9(4-6)14(18)19/h2-4,8H,5H2,1H3,(H,13,15)(H,16,17). The van der Waals surface area contributed by atoms with E-state index in [4.69, 9.17) is 5.11 Å². The van der Waals surface area contributed by atoms with Crippen molar-refractivity contribution >= 4 is 33.5 Å². The number of carboxylic acid groups (broad SMARTS) is 1. The summed E-state index contributed by atoms with van der Waals surface area (Å²) in [6.45, 7) is -0.209. The van der Waals surface area contributed by atoms with Crippen LogP contribution in [0.25, 0.3) is 0 Å². The lowest BCUT2D eigenvalue weighted by molar-refractivity contribution is -0.385. The monoisotopic (exact) mass is 346 g/mol. The van der Waals surface area contributed by atoms with Gasteiger partial charge in [-0.25, -0.2) is 4.79 Å². The average molecular weight is 347 g/mol. The molecule has 1 aromatic carbocycles. The zero-order valence-corrected chi connectivity index (χ0v) is 11.9. The first-order chi connectivity index (χ1) is 9.36. The van der Waals surface area contributed by atoms with Gasteiger partial charge >= 0.3 is 5.97 Å². The summed E-state index contributed by atoms with van der Waals surface area (Å²) in [5.41, 5.74) is -0.293. The summed E-state index contributed by atoms with van der Waals surface area (Å²) in [5.74, 6) is -1.99. The molecule has 1 rings (SSSR count). The van der Waals surface area contributed by atoms with Crippen molar-refractivity contribution in [3.8, 4) is 0 Å². The highest BCUT2D eigenvalue weighted by Crippen LogP contribution is 2.25. The number of amides is 1. The van der Waals surface area contributed by atoms with E-state index in [1.807, 2.05) is 0 Å². The lowest BCUT2D eigenvalue weighted by atomic mass is 10.1. The number of carbonyl (C=O) groups excluding carboxylic acids is 1. The number of nitrogens with zero attached hydrogens (tertiary/aromatic N) is 1. The van der Waals surface area contributed by atoms with Crippen molar-refractivity contribution in [1.29, 1.82) is 0 Å². The number of nitro benzene ring substituents is 1. The molecule has 20 heavy (non-hydrogen) atoms. The van der Waals surface area contributed by atoms with Gasteiger partial charge in [-0.15, -0.1) is 0 Å². The first kappa shape index (κ1) is 16.1. The number of aliphatic carboxylic acids is 1. The maximum absolute atomic E-state index is 11.9. The van der Waals surface area contributed by atoms with Gasteiger partial charge in [-0.05, 0) is 28.1 Å². The quantitative estimate of drug-likeness (QED) is 0.589. The van der Waals surface area contributed by atoms with E-state index in [0.29, 0.717) is 0 Å². The van der Waals surface area contributed by atoms with E-state index in [1.54, 1.807) is 0 Å². The normalized spacial score (nSPS) is 11.7. The number of carbonyl (C=O) groups is 2. The van der Waals surface area contributed by atoms with Gasteiger partial charge in [-0.1, -0.05) is 0 Å². The zero-order chi connectivity index (χ0) is 15.3. The van der Waals surface area contributed by atoms with Crippen LogP contribution >= 0.6 is 15.9 Å². The number of hydrogen-bond donors (Lipinski definition) is 2. The molecule has 0 aromatic heterocycles. The van der Waals surface area contributed by atoms with Crippen molar-refractivity contribution in [3.05, 3.63) is 38.3 Å². The molecule has 1 aromatic rings. The number of nitrogens with one attached hydrogen (secondary N) is 1. The van der Waals surface area contributed by atoms with Gasteiger partial charge in [0.2, 0.25) is 0 Å². The van der Waals surface area contributed by atoms with Gasteiger partial charge in [0.1, 0.15) is 0 Å². The van der Waals surface area contributed by atoms with Gasteiger partial charge < -0.3 is 15.2 Å². The number of methoxy groups -OCH3 is 1. The van der Waals surface area contributed by atoms with Crippen molar-refractivity contribution in [2.24, 2.45) is 0 Å². The van der Waals surface area contributed by atoms with Crippen LogP contribution in [-0.2, 0) is 9.53 Å². The minimum Gasteiger partial charge on any atom is -0.480 e. The molecule has 0 aliphatic rings. The Balaban J connectivity index is 2.95. The Bertz CT molecular complexity index is 548. The molecule has 8 nitrogen and oxygen atoms in total. The highest BCUT2D eigenvalue weighted by molar-refractivity contribution is 9.10. The van der Waals surface area contributed by atoms with Crippen LogP contribution in [0.1, 0.15) is 10.4 Å². The number of benzene rings is 1. The second kappa shape index (κ2) is 6.96. The third kappa shape index (κ3) is 4.00. The number of rotatable bonds is 6. The summed E-state index contributed by atoms with van der Waals surface area (Å²) in [6.07, 6.45) is 0. The Morgan fingerprint density at radius 2 is 2.20 bits per heavy atom. The Hall–Kier alpha value is -2.00. The minimum atomic E-state index is -1.26. The molecule has 0 fully saturated rings. The second-order valence-electron chi connectivity index (χ2n) is 3.74. The van der Waals surface area contributed by atoms with Crippen molar-refractivity contribution in [3.63, 3.8) is 0 Å². The molecule has 0 aliphatic carbocycles. The fourth-order valence-electron chi connectivity index (χ4n) is 1.38. The Labute approximate surface area is 122 Å². The first-order valence-electron chi connectivity index (χ1n) is 5.33. The smallest absolute Gasteiger partial charge is 0.328 e. The first-order valence-corrected chi connectivity index (χ1v) is 6.12. The van der Waals surface area contributed by atoms with Gasteiger partial charge in [0, 0.05) is 18.7 Å². The molecule has 1 atom stereocenters. The van der Waals surface area contributed by atoms with Gasteiger partial charge in [0.05, 0.1) is 16.0 Å². The third-order valence-corrected chi connectivity index (χ3v) is 3.01. The maximum atomic E-state index is 11.9. The molecule has 0 bridgehead atoms. The fraction of sp³-hybridized carbons (Fsp3) is 0.273. The predicted molar refractivity (Wildman–Crippen MR) is 71.6 cm³/mol. The van der Waals surface area contributed by atoms with E-state index in [1.165, 1.54) is 19.2 Å². The van der Waals surface area contributed by atoms with E-state index in [-0.39, 0.29) is 22.3 Å². The Kier molecular flexibility index (Phi) is 5.59. The minimum absolute atomic E-state index is 0.0118. The summed E-state index contributed by atoms with van der Waals surface area (Å²) in [5, 5.41) is 21.9. The molecule has 1 amide bonds. The predicted octanol–water partition coefficient (Wildman–Crippen LogP) is 1.19. The summed E-state index contributed by atoms with van der Waals surface area (Å²) < 4.78 is 4.90. The van der Waals surface area contributed by atoms with E-state index >= 15 is 0 Å². The molecule has 0 radical (unpaired) electrons. The molecule has 1 unspecified atom stereocenters. The number of ether oxygens (including phenoxy) is 1. The zero-order valence-electron chi connectivity index (χ0n) is 10.3. The number of nitro groups is 1. The van der Waals surface area contributed by atoms with Crippen LogP contribution in [0.15, 0.2) is 22.7 Å². The summed E-state index contributed by atoms with van der Waals surface area (Å²) in [7, 11) is 1.30. The second-order valence-corrected chi connectivity index (χ2v) is 4.60. The maximum Gasteiger partial charge on any atom is 0.328 e. The Morgan fingerprint density at radius 1 is 1.55 bits per heavy atom. The summed E-state index contributed by atoms with van der Waals surface area (Å²) in [6, 6.07) is 2.53. The van der Waals surface area contributed by atoms with Crippen LogP contribution < -0.4 is 5.32 Å². The van der Waals surface area contributed by atoms with Crippen molar-refractivity contribution < 1.29 is 24.4 Å². The highest BCUT2D eigenvalue weighted by Gasteiger charge is 2.22. The largest absolute Gasteiger partial charge is 0.480 e. The lowest BCUT2D eigenvalue weighted by Gasteiger charge is -2.13. The third-order valence-electron chi connectivity index (χ3n) is 2.34. The van der Waals surface area contributed by atoms with Gasteiger partial charge in [-0.2, -0.15) is 0 Å². The van der Waals surface area contributed by atoms with Gasteiger partial charge in [-0.3, -0.25) is 14.9 Å². The van der Waals surface area contributed by atoms with E-state index < -0.39 is 22.8 Å². The van der Waals surface area contributed by atoms with Crippen LogP contribution in [0.3, 0.4) is 0 Å². The Morgan fingerprint density at radius 3 is 2.70 bits per heavy atom. The van der Waals surface area contributed by atoms with Crippen LogP contribution in [0, 0.1) is 10.1 Å². The molecular weight excluding hydrogens is 336 g/mol. The fourth-order valence-corrected chi connectivity index (χ4v) is 1.77. The van der Waals surface area contributed by atoms with Crippen LogP contribution in [0.4, 0.5) is 5.69 Å². The molecular formula is C11H11BrN2O6. The molecule has 0 saturated carbocycles. The topological polar surface area (TPSA) is 119 Å². The number of hydrogen-bond acceptors (Lipinski definition) is 5. The summed E-state index contributed by atoms with van der Waals surface area (Å²) >= 11 is 2.99. The van der Waals surface area contributed by atoms with E-state index in [2.05, 4.69) is 26.0 Å². The number of halogens is 1. The molecule has 0 aliphatic heterocycles. The van der Waals surface area contributed by atoms with E-state index in [9.17, 15) is 19.7 Å². The SMILES string of the molecule is COCC(NC(=O)c1ccc(Br)c([N+](=O)[O-])c1)C(=O)O. The average Bonchev–Trinajstić information content (AvgIpc) is 2.38. The van der Waals surface area contributed by atoms with E-state index in [0.717, 1.165) is 6.07 Å². The number of carboxylic acids is 1. The van der Waals surface area contributed by atoms with Crippen molar-refractivity contribution in [2.75, 3.05) is 13.7 Å². The van der Waals surface area contributed by atoms with Crippen LogP contribution in [0.5, 0.6) is 0 Å². The van der Waals surface area contributed by atoms with Crippen LogP contribution in [-0.4, -0.2) is 41.7 Å². The highest BCUT2D eigenvalue weighted by atomic mass is 79.9. The molecule has 108 valence electrons. The summed E-state index contributed by atoms with van der Waals surface area (Å²) in [4.78, 5) is 32.8.